The first-order chi connectivity index (χ1) is 12.6. The molecule has 4 rings (SSSR count). The van der Waals surface area contributed by atoms with Crippen molar-refractivity contribution in [2.24, 2.45) is 0 Å². The number of carbonyl (C=O) groups is 1. The summed E-state index contributed by atoms with van der Waals surface area (Å²) in [4.78, 5) is 23.1. The smallest absolute Gasteiger partial charge is 0.294 e. The lowest BCUT2D eigenvalue weighted by atomic mass is 10.3. The van der Waals surface area contributed by atoms with Crippen molar-refractivity contribution in [3.63, 3.8) is 0 Å². The number of fused-ring (bicyclic) bond motifs is 1. The molecule has 1 aliphatic heterocycles. The summed E-state index contributed by atoms with van der Waals surface area (Å²) in [6.45, 7) is 2.82. The molecule has 0 aromatic carbocycles. The number of morpholine rings is 1. The number of rotatable bonds is 3. The molecule has 1 fully saturated rings. The van der Waals surface area contributed by atoms with Crippen LogP contribution >= 0.6 is 11.6 Å². The van der Waals surface area contributed by atoms with Crippen LogP contribution in [0.3, 0.4) is 0 Å². The summed E-state index contributed by atoms with van der Waals surface area (Å²) in [5.74, 6) is 0.632. The summed E-state index contributed by atoms with van der Waals surface area (Å²) >= 11 is 5.79. The summed E-state index contributed by atoms with van der Waals surface area (Å²) in [6.07, 6.45) is 1.44. The number of furan rings is 1. The monoisotopic (exact) mass is 373 g/mol. The molecule has 134 valence electrons. The van der Waals surface area contributed by atoms with E-state index in [1.54, 1.807) is 18.2 Å². The second-order valence-electron chi connectivity index (χ2n) is 5.78. The summed E-state index contributed by atoms with van der Waals surface area (Å²) in [5.41, 5.74) is 7.22. The second kappa shape index (κ2) is 6.81. The number of hydrogen-bond donors (Lipinski definition) is 2. The fourth-order valence-corrected chi connectivity index (χ4v) is 2.86. The maximum atomic E-state index is 12.5. The molecule has 0 aliphatic carbocycles. The van der Waals surface area contributed by atoms with E-state index in [9.17, 15) is 4.79 Å². The van der Waals surface area contributed by atoms with Crippen LogP contribution in [0.4, 0.5) is 17.3 Å². The lowest BCUT2D eigenvalue weighted by molar-refractivity contribution is 0.0999. The molecule has 3 aromatic rings. The highest BCUT2D eigenvalue weighted by atomic mass is 35.5. The van der Waals surface area contributed by atoms with E-state index >= 15 is 0 Å². The molecule has 0 saturated carbocycles. The van der Waals surface area contributed by atoms with Crippen LogP contribution in [0.25, 0.3) is 11.1 Å². The van der Waals surface area contributed by atoms with Gasteiger partial charge in [0.05, 0.1) is 18.2 Å². The van der Waals surface area contributed by atoms with E-state index in [1.165, 1.54) is 6.20 Å². The van der Waals surface area contributed by atoms with Crippen LogP contribution < -0.4 is 16.0 Å². The Bertz CT molecular complexity index is 951. The number of carbonyl (C=O) groups excluding carboxylic acids is 1. The molecule has 0 radical (unpaired) electrons. The number of anilines is 3. The average molecular weight is 374 g/mol. The molecule has 1 amide bonds. The summed E-state index contributed by atoms with van der Waals surface area (Å²) in [6, 6.07) is 6.83. The molecule has 0 atom stereocenters. The minimum Gasteiger partial charge on any atom is -0.447 e. The van der Waals surface area contributed by atoms with Gasteiger partial charge in [0, 0.05) is 19.3 Å². The zero-order valence-corrected chi connectivity index (χ0v) is 14.5. The predicted molar refractivity (Wildman–Crippen MR) is 98.7 cm³/mol. The van der Waals surface area contributed by atoms with Crippen LogP contribution in [0.15, 0.2) is 34.9 Å². The number of pyridine rings is 2. The minimum atomic E-state index is -0.497. The Kier molecular flexibility index (Phi) is 4.36. The third-order valence-corrected chi connectivity index (χ3v) is 4.29. The van der Waals surface area contributed by atoms with Crippen molar-refractivity contribution < 1.29 is 13.9 Å². The van der Waals surface area contributed by atoms with Gasteiger partial charge >= 0.3 is 0 Å². The lowest BCUT2D eigenvalue weighted by Gasteiger charge is -2.27. The Morgan fingerprint density at radius 3 is 2.77 bits per heavy atom. The van der Waals surface area contributed by atoms with Gasteiger partial charge < -0.3 is 25.1 Å². The third kappa shape index (κ3) is 3.16. The number of halogens is 1. The molecule has 0 bridgehead atoms. The molecule has 3 aromatic heterocycles. The van der Waals surface area contributed by atoms with Gasteiger partial charge in [0.15, 0.2) is 5.58 Å². The number of nitrogens with one attached hydrogen (secondary N) is 1. The van der Waals surface area contributed by atoms with E-state index in [1.807, 2.05) is 6.07 Å². The fraction of sp³-hybridized carbons (Fsp3) is 0.235. The predicted octanol–water partition coefficient (Wildman–Crippen LogP) is 2.55. The number of hydrogen-bond acceptors (Lipinski definition) is 7. The minimum absolute atomic E-state index is 0.00313. The van der Waals surface area contributed by atoms with Crippen LogP contribution in [0.5, 0.6) is 0 Å². The van der Waals surface area contributed by atoms with Crippen molar-refractivity contribution in [2.45, 2.75) is 0 Å². The van der Waals surface area contributed by atoms with E-state index < -0.39 is 5.91 Å². The molecule has 3 N–H and O–H groups in total. The van der Waals surface area contributed by atoms with Gasteiger partial charge in [-0.2, -0.15) is 0 Å². The third-order valence-electron chi connectivity index (χ3n) is 4.07. The van der Waals surface area contributed by atoms with Crippen molar-refractivity contribution in [1.29, 1.82) is 0 Å². The SMILES string of the molecule is Nc1c(C(=O)Nc2ccc(Cl)cn2)oc2ccc(N3CCOCC3)nc12. The number of nitrogen functional groups attached to an aromatic ring is 1. The quantitative estimate of drug-likeness (QED) is 0.726. The van der Waals surface area contributed by atoms with Crippen LogP contribution in [0, 0.1) is 0 Å². The zero-order valence-electron chi connectivity index (χ0n) is 13.7. The van der Waals surface area contributed by atoms with Crippen molar-refractivity contribution in [2.75, 3.05) is 42.3 Å². The Morgan fingerprint density at radius 2 is 2.04 bits per heavy atom. The van der Waals surface area contributed by atoms with Crippen LogP contribution in [-0.2, 0) is 4.74 Å². The van der Waals surface area contributed by atoms with Gasteiger partial charge in [-0.05, 0) is 24.3 Å². The highest BCUT2D eigenvalue weighted by Gasteiger charge is 2.22. The van der Waals surface area contributed by atoms with Gasteiger partial charge in [-0.15, -0.1) is 0 Å². The van der Waals surface area contributed by atoms with E-state index in [2.05, 4.69) is 20.2 Å². The highest BCUT2D eigenvalue weighted by Crippen LogP contribution is 2.29. The Labute approximate surface area is 153 Å². The van der Waals surface area contributed by atoms with Crippen molar-refractivity contribution in [3.8, 4) is 0 Å². The maximum absolute atomic E-state index is 12.5. The second-order valence-corrected chi connectivity index (χ2v) is 6.21. The van der Waals surface area contributed by atoms with Crippen molar-refractivity contribution in [1.82, 2.24) is 9.97 Å². The van der Waals surface area contributed by atoms with Crippen molar-refractivity contribution >= 4 is 45.9 Å². The van der Waals surface area contributed by atoms with E-state index in [-0.39, 0.29) is 11.4 Å². The Balaban J connectivity index is 1.62. The van der Waals surface area contributed by atoms with Gasteiger partial charge in [0.1, 0.15) is 22.8 Å². The van der Waals surface area contributed by atoms with Gasteiger partial charge in [-0.25, -0.2) is 9.97 Å². The summed E-state index contributed by atoms with van der Waals surface area (Å²) in [5, 5.41) is 3.11. The Morgan fingerprint density at radius 1 is 1.23 bits per heavy atom. The van der Waals surface area contributed by atoms with Crippen LogP contribution in [0.2, 0.25) is 5.02 Å². The number of ether oxygens (including phenoxy) is 1. The van der Waals surface area contributed by atoms with E-state index in [0.717, 1.165) is 18.9 Å². The molecule has 26 heavy (non-hydrogen) atoms. The maximum Gasteiger partial charge on any atom is 0.294 e. The van der Waals surface area contributed by atoms with E-state index in [4.69, 9.17) is 26.5 Å². The molecule has 8 nitrogen and oxygen atoms in total. The number of amides is 1. The summed E-state index contributed by atoms with van der Waals surface area (Å²) in [7, 11) is 0. The number of aromatic nitrogens is 2. The first-order valence-electron chi connectivity index (χ1n) is 8.06. The molecule has 1 saturated heterocycles. The fourth-order valence-electron chi connectivity index (χ4n) is 2.74. The number of nitrogens with zero attached hydrogens (tertiary/aromatic N) is 3. The molecule has 4 heterocycles. The van der Waals surface area contributed by atoms with Crippen LogP contribution in [-0.4, -0.2) is 42.2 Å². The highest BCUT2D eigenvalue weighted by molar-refractivity contribution is 6.30. The standard InChI is InChI=1S/C17H16ClN5O3/c18-10-1-3-12(20-9-10)21-17(24)16-14(19)15-11(26-16)2-4-13(22-15)23-5-7-25-8-6-23/h1-4,9H,5-8,19H2,(H,20,21,24). The largest absolute Gasteiger partial charge is 0.447 e. The normalized spacial score (nSPS) is 14.6. The average Bonchev–Trinajstić information content (AvgIpc) is 3.01. The van der Waals surface area contributed by atoms with Gasteiger partial charge in [0.25, 0.3) is 5.91 Å². The van der Waals surface area contributed by atoms with Gasteiger partial charge in [-0.1, -0.05) is 11.6 Å². The zero-order chi connectivity index (χ0) is 18.1. The molecule has 0 spiro atoms. The number of nitrogens with two attached hydrogens (primary N) is 1. The van der Waals surface area contributed by atoms with E-state index in [0.29, 0.717) is 35.2 Å². The molecule has 1 aliphatic rings. The molecule has 0 unspecified atom stereocenters. The molecular formula is C17H16ClN5O3. The molecular weight excluding hydrogens is 358 g/mol. The first-order valence-corrected chi connectivity index (χ1v) is 8.44. The van der Waals surface area contributed by atoms with Gasteiger partial charge in [0.2, 0.25) is 5.76 Å². The Hall–Kier alpha value is -2.84. The van der Waals surface area contributed by atoms with Crippen molar-refractivity contribution in [3.05, 3.63) is 41.2 Å². The molecule has 9 heteroatoms. The summed E-state index contributed by atoms with van der Waals surface area (Å²) < 4.78 is 11.0. The van der Waals surface area contributed by atoms with Crippen LogP contribution in [0.1, 0.15) is 10.6 Å². The van der Waals surface area contributed by atoms with Gasteiger partial charge in [-0.3, -0.25) is 4.79 Å². The lowest BCUT2D eigenvalue weighted by Crippen LogP contribution is -2.36. The topological polar surface area (TPSA) is 107 Å². The first kappa shape index (κ1) is 16.6.